The van der Waals surface area contributed by atoms with E-state index >= 15 is 0 Å². The van der Waals surface area contributed by atoms with Crippen LogP contribution in [0.15, 0.2) is 29.3 Å². The Morgan fingerprint density at radius 1 is 1.21 bits per heavy atom. The molecule has 188 valence electrons. The third kappa shape index (κ3) is 10.6. The molecule has 1 saturated heterocycles. The van der Waals surface area contributed by atoms with Gasteiger partial charge in [0.1, 0.15) is 0 Å². The van der Waals surface area contributed by atoms with Gasteiger partial charge in [0.15, 0.2) is 5.96 Å². The molecule has 1 aromatic rings. The number of primary amides is 1. The van der Waals surface area contributed by atoms with Gasteiger partial charge in [-0.1, -0.05) is 24.3 Å². The van der Waals surface area contributed by atoms with Crippen molar-refractivity contribution in [2.45, 2.75) is 72.6 Å². The minimum atomic E-state index is -0.175. The largest absolute Gasteiger partial charge is 0.369 e. The second-order valence-corrected chi connectivity index (χ2v) is 9.34. The molecule has 1 atom stereocenters. The van der Waals surface area contributed by atoms with Gasteiger partial charge in [0.25, 0.3) is 0 Å². The van der Waals surface area contributed by atoms with Gasteiger partial charge in [-0.25, -0.2) is 4.99 Å². The van der Waals surface area contributed by atoms with E-state index in [9.17, 15) is 4.79 Å². The van der Waals surface area contributed by atoms with Crippen molar-refractivity contribution >= 4 is 35.8 Å². The number of aliphatic imine (C=N–C) groups is 1. The zero-order valence-corrected chi connectivity index (χ0v) is 23.5. The predicted molar refractivity (Wildman–Crippen MR) is 149 cm³/mol. The topological polar surface area (TPSA) is 86.0 Å². The number of nitrogens with two attached hydrogens (primary N) is 1. The number of amides is 1. The van der Waals surface area contributed by atoms with Crippen LogP contribution >= 0.6 is 24.0 Å². The Labute approximate surface area is 218 Å². The third-order valence-electron chi connectivity index (χ3n) is 6.06. The van der Waals surface area contributed by atoms with Crippen LogP contribution in [0.3, 0.4) is 0 Å². The number of guanidine groups is 1. The molecule has 1 unspecified atom stereocenters. The maximum Gasteiger partial charge on any atom is 0.221 e. The van der Waals surface area contributed by atoms with E-state index in [4.69, 9.17) is 10.7 Å². The van der Waals surface area contributed by atoms with Gasteiger partial charge < -0.3 is 16.4 Å². The lowest BCUT2D eigenvalue weighted by Crippen LogP contribution is -2.45. The number of carbonyl (C=O) groups excluding carboxylic acids is 1. The fourth-order valence-electron chi connectivity index (χ4n) is 4.44. The van der Waals surface area contributed by atoms with Crippen LogP contribution in [0, 0.1) is 5.92 Å². The fourth-order valence-corrected chi connectivity index (χ4v) is 4.44. The number of hydrogen-bond donors (Lipinski definition) is 3. The molecule has 1 aromatic carbocycles. The molecule has 0 spiro atoms. The number of rotatable bonds is 11. The molecule has 1 amide bonds. The van der Waals surface area contributed by atoms with E-state index in [2.05, 4.69) is 79.3 Å². The van der Waals surface area contributed by atoms with Gasteiger partial charge in [-0.05, 0) is 65.1 Å². The van der Waals surface area contributed by atoms with Crippen LogP contribution in [0.4, 0.5) is 0 Å². The SMILES string of the molecule is CCNC(=NCc1cccc(CN2CCCC(C(N)=O)C2)c1)NCCN(C(C)C)C(C)C.I. The van der Waals surface area contributed by atoms with Gasteiger partial charge in [-0.15, -0.1) is 24.0 Å². The number of likely N-dealkylation sites (tertiary alicyclic amines) is 1. The molecule has 8 heteroatoms. The summed E-state index contributed by atoms with van der Waals surface area (Å²) in [5, 5.41) is 6.82. The van der Waals surface area contributed by atoms with Crippen molar-refractivity contribution in [1.29, 1.82) is 0 Å². The van der Waals surface area contributed by atoms with E-state index in [1.165, 1.54) is 11.1 Å². The number of nitrogens with zero attached hydrogens (tertiary/aromatic N) is 3. The molecule has 1 aliphatic heterocycles. The molecular weight excluding hydrogens is 527 g/mol. The summed E-state index contributed by atoms with van der Waals surface area (Å²) in [5.74, 6) is 0.657. The van der Waals surface area contributed by atoms with E-state index in [1.54, 1.807) is 0 Å². The van der Waals surface area contributed by atoms with E-state index in [1.807, 2.05) is 0 Å². The number of halogens is 1. The number of hydrogen-bond acceptors (Lipinski definition) is 4. The summed E-state index contributed by atoms with van der Waals surface area (Å²) in [7, 11) is 0. The monoisotopic (exact) mass is 572 g/mol. The molecular formula is C25H45IN6O. The molecule has 4 N–H and O–H groups in total. The van der Waals surface area contributed by atoms with Gasteiger partial charge in [-0.3, -0.25) is 14.6 Å². The van der Waals surface area contributed by atoms with Crippen molar-refractivity contribution in [2.24, 2.45) is 16.6 Å². The maximum atomic E-state index is 11.6. The Morgan fingerprint density at radius 2 is 1.91 bits per heavy atom. The number of piperidine rings is 1. The van der Waals surface area contributed by atoms with Crippen molar-refractivity contribution in [3.8, 4) is 0 Å². The molecule has 1 fully saturated rings. The molecule has 0 aromatic heterocycles. The molecule has 7 nitrogen and oxygen atoms in total. The molecule has 1 heterocycles. The zero-order valence-electron chi connectivity index (χ0n) is 21.1. The lowest BCUT2D eigenvalue weighted by molar-refractivity contribution is -0.123. The summed E-state index contributed by atoms with van der Waals surface area (Å²) in [6.07, 6.45) is 1.94. The van der Waals surface area contributed by atoms with E-state index in [0.29, 0.717) is 18.6 Å². The first-order valence-electron chi connectivity index (χ1n) is 12.2. The third-order valence-corrected chi connectivity index (χ3v) is 6.06. The standard InChI is InChI=1S/C25H44N6O.HI/c1-6-27-25(28-12-14-31(19(2)3)20(4)5)29-16-21-9-7-10-22(15-21)17-30-13-8-11-23(18-30)24(26)32;/h7,9-10,15,19-20,23H,6,8,11-14,16-18H2,1-5H3,(H2,26,32)(H2,27,28,29);1H. The molecule has 0 radical (unpaired) electrons. The molecule has 0 aliphatic carbocycles. The predicted octanol–water partition coefficient (Wildman–Crippen LogP) is 3.18. The highest BCUT2D eigenvalue weighted by Gasteiger charge is 2.23. The second-order valence-electron chi connectivity index (χ2n) is 9.34. The van der Waals surface area contributed by atoms with Crippen molar-refractivity contribution in [2.75, 3.05) is 32.7 Å². The van der Waals surface area contributed by atoms with Crippen LogP contribution in [0.25, 0.3) is 0 Å². The fraction of sp³-hybridized carbons (Fsp3) is 0.680. The summed E-state index contributed by atoms with van der Waals surface area (Å²) >= 11 is 0. The average Bonchev–Trinajstić information content (AvgIpc) is 2.74. The average molecular weight is 573 g/mol. The van der Waals surface area contributed by atoms with Gasteiger partial charge >= 0.3 is 0 Å². The quantitative estimate of drug-likeness (QED) is 0.216. The normalized spacial score (nSPS) is 17.3. The highest BCUT2D eigenvalue weighted by atomic mass is 127. The Balaban J connectivity index is 0.00000544. The van der Waals surface area contributed by atoms with Gasteiger partial charge in [0.05, 0.1) is 12.5 Å². The van der Waals surface area contributed by atoms with Crippen LogP contribution < -0.4 is 16.4 Å². The van der Waals surface area contributed by atoms with Crippen LogP contribution in [-0.2, 0) is 17.9 Å². The first-order chi connectivity index (χ1) is 15.3. The second kappa shape index (κ2) is 15.5. The Morgan fingerprint density at radius 3 is 2.55 bits per heavy atom. The van der Waals surface area contributed by atoms with Crippen LogP contribution in [0.2, 0.25) is 0 Å². The van der Waals surface area contributed by atoms with Gasteiger partial charge in [-0.2, -0.15) is 0 Å². The summed E-state index contributed by atoms with van der Waals surface area (Å²) in [5.41, 5.74) is 7.97. The lowest BCUT2D eigenvalue weighted by Gasteiger charge is -2.31. The minimum absolute atomic E-state index is 0. The van der Waals surface area contributed by atoms with Crippen molar-refractivity contribution in [3.63, 3.8) is 0 Å². The van der Waals surface area contributed by atoms with Crippen molar-refractivity contribution in [3.05, 3.63) is 35.4 Å². The maximum absolute atomic E-state index is 11.6. The molecule has 2 rings (SSSR count). The van der Waals surface area contributed by atoms with Crippen LogP contribution in [-0.4, -0.2) is 66.5 Å². The van der Waals surface area contributed by atoms with Crippen molar-refractivity contribution in [1.82, 2.24) is 20.4 Å². The number of benzene rings is 1. The highest BCUT2D eigenvalue weighted by molar-refractivity contribution is 14.0. The number of carbonyl (C=O) groups is 1. The summed E-state index contributed by atoms with van der Waals surface area (Å²) < 4.78 is 0. The molecule has 0 bridgehead atoms. The molecule has 33 heavy (non-hydrogen) atoms. The van der Waals surface area contributed by atoms with Gasteiger partial charge in [0.2, 0.25) is 5.91 Å². The Kier molecular flexibility index (Phi) is 13.9. The molecule has 1 aliphatic rings. The summed E-state index contributed by atoms with van der Waals surface area (Å²) in [4.78, 5) is 21.2. The lowest BCUT2D eigenvalue weighted by atomic mass is 9.97. The first-order valence-corrected chi connectivity index (χ1v) is 12.2. The van der Waals surface area contributed by atoms with E-state index < -0.39 is 0 Å². The van der Waals surface area contributed by atoms with Crippen molar-refractivity contribution < 1.29 is 4.79 Å². The van der Waals surface area contributed by atoms with Crippen LogP contribution in [0.5, 0.6) is 0 Å². The Hall–Kier alpha value is -1.39. The smallest absolute Gasteiger partial charge is 0.221 e. The minimum Gasteiger partial charge on any atom is -0.369 e. The van der Waals surface area contributed by atoms with Gasteiger partial charge in [0, 0.05) is 44.8 Å². The summed E-state index contributed by atoms with van der Waals surface area (Å²) in [6.45, 7) is 17.0. The first kappa shape index (κ1) is 29.6. The summed E-state index contributed by atoms with van der Waals surface area (Å²) in [6, 6.07) is 9.64. The molecule has 0 saturated carbocycles. The van der Waals surface area contributed by atoms with E-state index in [0.717, 1.165) is 58.1 Å². The van der Waals surface area contributed by atoms with E-state index in [-0.39, 0.29) is 35.8 Å². The van der Waals surface area contributed by atoms with Crippen LogP contribution in [0.1, 0.15) is 58.6 Å². The highest BCUT2D eigenvalue weighted by Crippen LogP contribution is 2.19. The number of nitrogens with one attached hydrogen (secondary N) is 2. The zero-order chi connectivity index (χ0) is 23.5. The Bertz CT molecular complexity index is 731.